The number of nitrogens with one attached hydrogen (secondary N) is 1. The number of methoxy groups -OCH3 is 1. The van der Waals surface area contributed by atoms with Crippen LogP contribution in [0.1, 0.15) is 11.1 Å². The first-order chi connectivity index (χ1) is 5.25. The van der Waals surface area contributed by atoms with Crippen molar-refractivity contribution in [1.29, 1.82) is 5.41 Å². The van der Waals surface area contributed by atoms with Gasteiger partial charge in [-0.25, -0.2) is 0 Å². The van der Waals surface area contributed by atoms with Gasteiger partial charge in [0.1, 0.15) is 0 Å². The number of nitrogens with zero attached hydrogens (tertiary/aromatic N) is 1. The van der Waals surface area contributed by atoms with Gasteiger partial charge in [-0.05, 0) is 18.6 Å². The molecule has 0 spiro atoms. The van der Waals surface area contributed by atoms with Crippen LogP contribution in [0.3, 0.4) is 0 Å². The molecule has 1 aromatic rings. The monoisotopic (exact) mass is 150 g/mol. The fourth-order valence-electron chi connectivity index (χ4n) is 0.838. The minimum absolute atomic E-state index is 0.185. The number of ether oxygens (including phenoxy) is 1. The van der Waals surface area contributed by atoms with Crippen LogP contribution in [0, 0.1) is 12.3 Å². The summed E-state index contributed by atoms with van der Waals surface area (Å²) in [6.07, 6.45) is 3.36. The lowest BCUT2D eigenvalue weighted by Crippen LogP contribution is -2.03. The van der Waals surface area contributed by atoms with E-state index in [2.05, 4.69) is 4.98 Å². The number of hydrogen-bond acceptors (Lipinski definition) is 3. The van der Waals surface area contributed by atoms with Crippen molar-refractivity contribution < 1.29 is 4.74 Å². The van der Waals surface area contributed by atoms with Crippen LogP contribution in [0.25, 0.3) is 0 Å². The van der Waals surface area contributed by atoms with Gasteiger partial charge in [0, 0.05) is 18.0 Å². The Hall–Kier alpha value is -1.38. The fourth-order valence-corrected chi connectivity index (χ4v) is 0.838. The molecule has 0 aromatic carbocycles. The molecule has 0 aliphatic heterocycles. The molecule has 1 rings (SSSR count). The molecule has 58 valence electrons. The lowest BCUT2D eigenvalue weighted by Gasteiger charge is -2.03. The zero-order chi connectivity index (χ0) is 8.27. The normalized spacial score (nSPS) is 9.27. The van der Waals surface area contributed by atoms with E-state index in [0.717, 1.165) is 11.1 Å². The molecule has 1 heterocycles. The van der Waals surface area contributed by atoms with Crippen LogP contribution in [0.5, 0.6) is 0 Å². The average Bonchev–Trinajstić information content (AvgIpc) is 2.04. The molecule has 0 radical (unpaired) electrons. The third kappa shape index (κ3) is 1.55. The van der Waals surface area contributed by atoms with Crippen molar-refractivity contribution in [3.63, 3.8) is 0 Å². The van der Waals surface area contributed by atoms with E-state index in [4.69, 9.17) is 10.1 Å². The van der Waals surface area contributed by atoms with E-state index in [0.29, 0.717) is 0 Å². The van der Waals surface area contributed by atoms with Crippen LogP contribution >= 0.6 is 0 Å². The van der Waals surface area contributed by atoms with Gasteiger partial charge < -0.3 is 4.74 Å². The summed E-state index contributed by atoms with van der Waals surface area (Å²) in [4.78, 5) is 3.91. The standard InChI is InChI=1S/C8H10N2O/c1-6-5-10-4-3-7(6)8(9)11-2/h3-5,9H,1-2H3. The van der Waals surface area contributed by atoms with Crippen LogP contribution in [-0.4, -0.2) is 18.0 Å². The fraction of sp³-hybridized carbons (Fsp3) is 0.250. The second-order valence-electron chi connectivity index (χ2n) is 2.22. The Morgan fingerprint density at radius 1 is 1.64 bits per heavy atom. The molecule has 0 aliphatic carbocycles. The van der Waals surface area contributed by atoms with Gasteiger partial charge >= 0.3 is 0 Å². The number of aryl methyl sites for hydroxylation is 1. The second kappa shape index (κ2) is 3.14. The maximum atomic E-state index is 7.37. The van der Waals surface area contributed by atoms with Gasteiger partial charge in [-0.1, -0.05) is 0 Å². The Morgan fingerprint density at radius 3 is 2.91 bits per heavy atom. The molecule has 3 nitrogen and oxygen atoms in total. The van der Waals surface area contributed by atoms with Gasteiger partial charge in [-0.3, -0.25) is 10.4 Å². The van der Waals surface area contributed by atoms with Crippen molar-refractivity contribution in [2.24, 2.45) is 0 Å². The van der Waals surface area contributed by atoms with Gasteiger partial charge in [0.2, 0.25) is 5.90 Å². The number of aromatic nitrogens is 1. The first-order valence-electron chi connectivity index (χ1n) is 3.29. The average molecular weight is 150 g/mol. The summed E-state index contributed by atoms with van der Waals surface area (Å²) in [5, 5.41) is 7.37. The molecular formula is C8H10N2O. The molecule has 0 atom stereocenters. The molecule has 3 heteroatoms. The number of pyridine rings is 1. The Morgan fingerprint density at radius 2 is 2.36 bits per heavy atom. The van der Waals surface area contributed by atoms with E-state index in [1.165, 1.54) is 7.11 Å². The summed E-state index contributed by atoms with van der Waals surface area (Å²) >= 11 is 0. The van der Waals surface area contributed by atoms with Gasteiger partial charge in [0.05, 0.1) is 7.11 Å². The summed E-state index contributed by atoms with van der Waals surface area (Å²) in [5.41, 5.74) is 1.75. The van der Waals surface area contributed by atoms with Gasteiger partial charge in [0.15, 0.2) is 0 Å². The SMILES string of the molecule is COC(=N)c1ccncc1C. The quantitative estimate of drug-likeness (QED) is 0.485. The molecule has 1 N–H and O–H groups in total. The van der Waals surface area contributed by atoms with Crippen LogP contribution < -0.4 is 0 Å². The zero-order valence-electron chi connectivity index (χ0n) is 6.59. The smallest absolute Gasteiger partial charge is 0.213 e. The molecule has 0 bridgehead atoms. The minimum Gasteiger partial charge on any atom is -0.481 e. The molecular weight excluding hydrogens is 140 g/mol. The van der Waals surface area contributed by atoms with Crippen molar-refractivity contribution >= 4 is 5.90 Å². The Kier molecular flexibility index (Phi) is 2.21. The highest BCUT2D eigenvalue weighted by atomic mass is 16.5. The van der Waals surface area contributed by atoms with Crippen LogP contribution in [-0.2, 0) is 4.74 Å². The van der Waals surface area contributed by atoms with Crippen molar-refractivity contribution in [1.82, 2.24) is 4.98 Å². The first-order valence-corrected chi connectivity index (χ1v) is 3.29. The summed E-state index contributed by atoms with van der Waals surface area (Å²) in [5.74, 6) is 0.185. The van der Waals surface area contributed by atoms with Gasteiger partial charge in [-0.2, -0.15) is 0 Å². The highest BCUT2D eigenvalue weighted by Gasteiger charge is 2.02. The van der Waals surface area contributed by atoms with Gasteiger partial charge in [-0.15, -0.1) is 0 Å². The molecule has 0 amide bonds. The van der Waals surface area contributed by atoms with E-state index in [1.807, 2.05) is 6.92 Å². The van der Waals surface area contributed by atoms with Crippen LogP contribution in [0.15, 0.2) is 18.5 Å². The zero-order valence-corrected chi connectivity index (χ0v) is 6.59. The summed E-state index contributed by atoms with van der Waals surface area (Å²) in [7, 11) is 1.49. The molecule has 0 unspecified atom stereocenters. The molecule has 0 aliphatic rings. The van der Waals surface area contributed by atoms with Crippen molar-refractivity contribution in [3.05, 3.63) is 29.6 Å². The predicted molar refractivity (Wildman–Crippen MR) is 42.8 cm³/mol. The first kappa shape index (κ1) is 7.72. The largest absolute Gasteiger partial charge is 0.481 e. The van der Waals surface area contributed by atoms with Crippen molar-refractivity contribution in [2.75, 3.05) is 7.11 Å². The lowest BCUT2D eigenvalue weighted by molar-refractivity contribution is 0.401. The molecule has 0 saturated heterocycles. The Balaban J connectivity index is 3.03. The van der Waals surface area contributed by atoms with E-state index in [-0.39, 0.29) is 5.90 Å². The third-order valence-corrected chi connectivity index (χ3v) is 1.47. The minimum atomic E-state index is 0.185. The summed E-state index contributed by atoms with van der Waals surface area (Å²) < 4.78 is 4.77. The maximum absolute atomic E-state index is 7.37. The van der Waals surface area contributed by atoms with Crippen LogP contribution in [0.2, 0.25) is 0 Å². The topological polar surface area (TPSA) is 46.0 Å². The molecule has 1 aromatic heterocycles. The maximum Gasteiger partial charge on any atom is 0.213 e. The Labute approximate surface area is 65.5 Å². The second-order valence-corrected chi connectivity index (χ2v) is 2.22. The van der Waals surface area contributed by atoms with Gasteiger partial charge in [0.25, 0.3) is 0 Å². The van der Waals surface area contributed by atoms with Crippen LogP contribution in [0.4, 0.5) is 0 Å². The Bertz CT molecular complexity index is 271. The third-order valence-electron chi connectivity index (χ3n) is 1.47. The molecule has 11 heavy (non-hydrogen) atoms. The predicted octanol–water partition coefficient (Wildman–Crippen LogP) is 1.36. The highest BCUT2D eigenvalue weighted by Crippen LogP contribution is 2.05. The number of rotatable bonds is 1. The van der Waals surface area contributed by atoms with E-state index >= 15 is 0 Å². The lowest BCUT2D eigenvalue weighted by atomic mass is 10.1. The van der Waals surface area contributed by atoms with E-state index in [1.54, 1.807) is 18.5 Å². The summed E-state index contributed by atoms with van der Waals surface area (Å²) in [6, 6.07) is 1.77. The van der Waals surface area contributed by atoms with E-state index < -0.39 is 0 Å². The molecule has 0 fully saturated rings. The molecule has 0 saturated carbocycles. The van der Waals surface area contributed by atoms with Crippen molar-refractivity contribution in [2.45, 2.75) is 6.92 Å². The van der Waals surface area contributed by atoms with Crippen molar-refractivity contribution in [3.8, 4) is 0 Å². The summed E-state index contributed by atoms with van der Waals surface area (Å²) in [6.45, 7) is 1.90. The number of hydrogen-bond donors (Lipinski definition) is 1. The highest BCUT2D eigenvalue weighted by molar-refractivity contribution is 5.92. The van der Waals surface area contributed by atoms with E-state index in [9.17, 15) is 0 Å².